The Hall–Kier alpha value is -2.03. The molecule has 1 N–H and O–H groups in total. The van der Waals surface area contributed by atoms with Crippen LogP contribution in [0, 0.1) is 0 Å². The number of nitrogens with zero attached hydrogens (tertiary/aromatic N) is 2. The number of ether oxygens (including phenoxy) is 1. The summed E-state index contributed by atoms with van der Waals surface area (Å²) in [5, 5.41) is 12.2. The minimum absolute atomic E-state index is 0.0710. The summed E-state index contributed by atoms with van der Waals surface area (Å²) in [4.78, 5) is 10.7. The zero-order chi connectivity index (χ0) is 14.2. The Balaban J connectivity index is 2.32. The Bertz CT molecular complexity index is 618. The average Bonchev–Trinajstić information content (AvgIpc) is 2.82. The number of halogens is 3. The highest BCUT2D eigenvalue weighted by Crippen LogP contribution is 2.36. The molecule has 0 amide bonds. The van der Waals surface area contributed by atoms with Crippen LogP contribution in [0.25, 0.3) is 10.6 Å². The van der Waals surface area contributed by atoms with Crippen LogP contribution in [0.1, 0.15) is 5.69 Å². The number of aryl methyl sites for hydroxylation is 1. The fraction of sp³-hybridized carbons (Fsp3) is 0.200. The van der Waals surface area contributed by atoms with E-state index in [1.165, 1.54) is 19.2 Å². The van der Waals surface area contributed by atoms with Gasteiger partial charge in [0.2, 0.25) is 0 Å². The SMILES string of the molecule is Cn1nc(-c2ccc(OC(=O)O)s2)cc1C(F)(F)F. The maximum Gasteiger partial charge on any atom is 0.512 e. The number of hydrogen-bond acceptors (Lipinski definition) is 4. The second-order valence-corrected chi connectivity index (χ2v) is 4.57. The third kappa shape index (κ3) is 2.87. The minimum Gasteiger partial charge on any atom is -0.449 e. The van der Waals surface area contributed by atoms with Gasteiger partial charge in [-0.2, -0.15) is 18.3 Å². The van der Waals surface area contributed by atoms with E-state index in [1.54, 1.807) is 0 Å². The summed E-state index contributed by atoms with van der Waals surface area (Å²) >= 11 is 0.901. The van der Waals surface area contributed by atoms with E-state index >= 15 is 0 Å². The summed E-state index contributed by atoms with van der Waals surface area (Å²) < 4.78 is 42.9. The number of carbonyl (C=O) groups is 1. The molecule has 0 spiro atoms. The molecule has 2 aromatic heterocycles. The second kappa shape index (κ2) is 4.57. The van der Waals surface area contributed by atoms with Gasteiger partial charge in [-0.25, -0.2) is 4.79 Å². The average molecular weight is 292 g/mol. The van der Waals surface area contributed by atoms with Crippen LogP contribution in [-0.4, -0.2) is 21.0 Å². The fourth-order valence-electron chi connectivity index (χ4n) is 1.45. The van der Waals surface area contributed by atoms with E-state index in [1.807, 2.05) is 0 Å². The van der Waals surface area contributed by atoms with Crippen molar-refractivity contribution in [3.8, 4) is 15.6 Å². The van der Waals surface area contributed by atoms with Gasteiger partial charge >= 0.3 is 12.3 Å². The Labute approximate surface area is 108 Å². The molecule has 0 radical (unpaired) electrons. The van der Waals surface area contributed by atoms with Crippen LogP contribution in [0.3, 0.4) is 0 Å². The van der Waals surface area contributed by atoms with Gasteiger partial charge in [-0.15, -0.1) is 0 Å². The molecule has 2 rings (SSSR count). The molecule has 5 nitrogen and oxygen atoms in total. The molecule has 0 aliphatic heterocycles. The number of hydrogen-bond donors (Lipinski definition) is 1. The lowest BCUT2D eigenvalue weighted by Gasteiger charge is -2.04. The highest BCUT2D eigenvalue weighted by molar-refractivity contribution is 7.17. The van der Waals surface area contributed by atoms with E-state index in [2.05, 4.69) is 9.84 Å². The van der Waals surface area contributed by atoms with E-state index in [9.17, 15) is 18.0 Å². The quantitative estimate of drug-likeness (QED) is 0.863. The fourth-order valence-corrected chi connectivity index (χ4v) is 2.26. The number of thiophene rings is 1. The van der Waals surface area contributed by atoms with Gasteiger partial charge in [0, 0.05) is 7.05 Å². The van der Waals surface area contributed by atoms with Crippen molar-refractivity contribution >= 4 is 17.5 Å². The summed E-state index contributed by atoms with van der Waals surface area (Å²) in [5.41, 5.74) is -0.767. The van der Waals surface area contributed by atoms with Gasteiger partial charge in [0.15, 0.2) is 5.06 Å². The van der Waals surface area contributed by atoms with Crippen LogP contribution >= 0.6 is 11.3 Å². The van der Waals surface area contributed by atoms with Crippen molar-refractivity contribution in [2.45, 2.75) is 6.18 Å². The van der Waals surface area contributed by atoms with Crippen molar-refractivity contribution in [3.05, 3.63) is 23.9 Å². The van der Waals surface area contributed by atoms with Gasteiger partial charge in [-0.05, 0) is 18.2 Å². The predicted octanol–water partition coefficient (Wildman–Crippen LogP) is 3.22. The summed E-state index contributed by atoms with van der Waals surface area (Å²) in [6, 6.07) is 3.71. The summed E-state index contributed by atoms with van der Waals surface area (Å²) in [6.45, 7) is 0. The Morgan fingerprint density at radius 1 is 1.47 bits per heavy atom. The third-order valence-corrected chi connectivity index (χ3v) is 3.18. The minimum atomic E-state index is -4.49. The van der Waals surface area contributed by atoms with Gasteiger partial charge in [-0.3, -0.25) is 4.68 Å². The highest BCUT2D eigenvalue weighted by Gasteiger charge is 2.35. The Morgan fingerprint density at radius 3 is 2.68 bits per heavy atom. The Kier molecular flexibility index (Phi) is 3.23. The Morgan fingerprint density at radius 2 is 2.16 bits per heavy atom. The molecule has 9 heteroatoms. The van der Waals surface area contributed by atoms with E-state index < -0.39 is 18.0 Å². The van der Waals surface area contributed by atoms with Crippen molar-refractivity contribution in [1.29, 1.82) is 0 Å². The molecule has 0 saturated heterocycles. The lowest BCUT2D eigenvalue weighted by molar-refractivity contribution is -0.143. The maximum absolute atomic E-state index is 12.6. The molecular formula is C10H7F3N2O3S. The lowest BCUT2D eigenvalue weighted by Crippen LogP contribution is -2.11. The second-order valence-electron chi connectivity index (χ2n) is 3.52. The predicted molar refractivity (Wildman–Crippen MR) is 60.2 cm³/mol. The van der Waals surface area contributed by atoms with Gasteiger partial charge in [0.25, 0.3) is 0 Å². The normalized spacial score (nSPS) is 11.6. The van der Waals surface area contributed by atoms with E-state index in [4.69, 9.17) is 5.11 Å². The number of alkyl halides is 3. The molecular weight excluding hydrogens is 285 g/mol. The first-order chi connectivity index (χ1) is 8.77. The van der Waals surface area contributed by atoms with Crippen LogP contribution in [0.2, 0.25) is 0 Å². The van der Waals surface area contributed by atoms with Gasteiger partial charge in [-0.1, -0.05) is 11.3 Å². The first-order valence-corrected chi connectivity index (χ1v) is 5.71. The standard InChI is InChI=1S/C10H7F3N2O3S/c1-15-7(10(11,12)13)4-5(14-15)6-2-3-8(19-6)18-9(16)17/h2-4H,1H3,(H,16,17). The van der Waals surface area contributed by atoms with Crippen molar-refractivity contribution in [3.63, 3.8) is 0 Å². The largest absolute Gasteiger partial charge is 0.512 e. The lowest BCUT2D eigenvalue weighted by atomic mass is 10.3. The topological polar surface area (TPSA) is 64.4 Å². The van der Waals surface area contributed by atoms with Crippen LogP contribution in [-0.2, 0) is 13.2 Å². The van der Waals surface area contributed by atoms with Gasteiger partial charge < -0.3 is 9.84 Å². The zero-order valence-electron chi connectivity index (χ0n) is 9.43. The highest BCUT2D eigenvalue weighted by atomic mass is 32.1. The van der Waals surface area contributed by atoms with Gasteiger partial charge in [0.05, 0.1) is 4.88 Å². The first kappa shape index (κ1) is 13.4. The molecule has 0 aliphatic rings. The molecule has 0 bridgehead atoms. The van der Waals surface area contributed by atoms with Crippen LogP contribution in [0.4, 0.5) is 18.0 Å². The van der Waals surface area contributed by atoms with Crippen molar-refractivity contribution in [2.75, 3.05) is 0 Å². The van der Waals surface area contributed by atoms with Crippen LogP contribution in [0.15, 0.2) is 18.2 Å². The molecule has 0 aromatic carbocycles. The smallest absolute Gasteiger partial charge is 0.449 e. The van der Waals surface area contributed by atoms with E-state index in [0.29, 0.717) is 4.88 Å². The molecule has 0 fully saturated rings. The number of carboxylic acid groups (broad SMARTS) is 1. The van der Waals surface area contributed by atoms with Crippen LogP contribution in [0.5, 0.6) is 5.06 Å². The number of aromatic nitrogens is 2. The molecule has 2 aromatic rings. The van der Waals surface area contributed by atoms with Gasteiger partial charge in [0.1, 0.15) is 11.4 Å². The molecule has 0 atom stereocenters. The molecule has 19 heavy (non-hydrogen) atoms. The van der Waals surface area contributed by atoms with E-state index in [0.717, 1.165) is 22.1 Å². The van der Waals surface area contributed by atoms with E-state index in [-0.39, 0.29) is 10.8 Å². The maximum atomic E-state index is 12.6. The van der Waals surface area contributed by atoms with Crippen molar-refractivity contribution in [2.24, 2.45) is 7.05 Å². The summed E-state index contributed by atoms with van der Waals surface area (Å²) in [6.07, 6.45) is -5.97. The first-order valence-electron chi connectivity index (χ1n) is 4.89. The van der Waals surface area contributed by atoms with Crippen LogP contribution < -0.4 is 4.74 Å². The molecule has 102 valence electrons. The molecule has 0 aliphatic carbocycles. The number of rotatable bonds is 2. The molecule has 0 saturated carbocycles. The monoisotopic (exact) mass is 292 g/mol. The molecule has 0 unspecified atom stereocenters. The van der Waals surface area contributed by atoms with Crippen molar-refractivity contribution < 1.29 is 27.8 Å². The van der Waals surface area contributed by atoms with Crippen molar-refractivity contribution in [1.82, 2.24) is 9.78 Å². The summed E-state index contributed by atoms with van der Waals surface area (Å²) in [7, 11) is 1.19. The summed E-state index contributed by atoms with van der Waals surface area (Å²) in [5.74, 6) is 0. The molecule has 2 heterocycles. The zero-order valence-corrected chi connectivity index (χ0v) is 10.2. The third-order valence-electron chi connectivity index (χ3n) is 2.19.